The number of aliphatic hydroxyl groups excluding tert-OH is 1. The SMILES string of the molecule is CCCC(C)C(O)C1Cc2ccccc2N1. The number of nitrogens with one attached hydrogen (secondary N) is 1. The summed E-state index contributed by atoms with van der Waals surface area (Å²) in [6.45, 7) is 4.30. The maximum Gasteiger partial charge on any atom is 0.0769 e. The predicted molar refractivity (Wildman–Crippen MR) is 67.6 cm³/mol. The minimum atomic E-state index is -0.243. The highest BCUT2D eigenvalue weighted by Gasteiger charge is 2.29. The van der Waals surface area contributed by atoms with Crippen LogP contribution in [0, 0.1) is 5.92 Å². The van der Waals surface area contributed by atoms with Crippen molar-refractivity contribution in [3.8, 4) is 0 Å². The average molecular weight is 219 g/mol. The summed E-state index contributed by atoms with van der Waals surface area (Å²) >= 11 is 0. The van der Waals surface area contributed by atoms with Crippen molar-refractivity contribution >= 4 is 5.69 Å². The van der Waals surface area contributed by atoms with Crippen molar-refractivity contribution in [3.05, 3.63) is 29.8 Å². The summed E-state index contributed by atoms with van der Waals surface area (Å²) in [5, 5.41) is 13.7. The summed E-state index contributed by atoms with van der Waals surface area (Å²) in [6, 6.07) is 8.52. The quantitative estimate of drug-likeness (QED) is 0.816. The van der Waals surface area contributed by atoms with Gasteiger partial charge in [-0.15, -0.1) is 0 Å². The monoisotopic (exact) mass is 219 g/mol. The molecule has 0 saturated heterocycles. The van der Waals surface area contributed by atoms with E-state index in [0.717, 1.165) is 19.3 Å². The Kier molecular flexibility index (Phi) is 3.49. The first-order valence-corrected chi connectivity index (χ1v) is 6.25. The Morgan fingerprint density at radius 1 is 1.44 bits per heavy atom. The molecular weight excluding hydrogens is 198 g/mol. The molecule has 88 valence electrons. The van der Waals surface area contributed by atoms with Gasteiger partial charge in [-0.3, -0.25) is 0 Å². The standard InChI is InChI=1S/C14H21NO/c1-3-6-10(2)14(16)13-9-11-7-4-5-8-12(11)15-13/h4-5,7-8,10,13-16H,3,6,9H2,1-2H3. The molecule has 0 aromatic heterocycles. The number of anilines is 1. The third-order valence-corrected chi connectivity index (χ3v) is 3.54. The maximum atomic E-state index is 10.3. The lowest BCUT2D eigenvalue weighted by atomic mass is 9.92. The molecule has 1 aliphatic rings. The largest absolute Gasteiger partial charge is 0.391 e. The van der Waals surface area contributed by atoms with E-state index in [1.165, 1.54) is 11.3 Å². The Morgan fingerprint density at radius 3 is 2.88 bits per heavy atom. The normalized spacial score (nSPS) is 22.3. The molecule has 2 rings (SSSR count). The van der Waals surface area contributed by atoms with Gasteiger partial charge in [-0.2, -0.15) is 0 Å². The van der Waals surface area contributed by atoms with Gasteiger partial charge in [-0.1, -0.05) is 38.5 Å². The second kappa shape index (κ2) is 4.88. The van der Waals surface area contributed by atoms with E-state index < -0.39 is 0 Å². The first-order chi connectivity index (χ1) is 7.72. The van der Waals surface area contributed by atoms with E-state index in [9.17, 15) is 5.11 Å². The molecule has 2 N–H and O–H groups in total. The molecule has 1 aliphatic heterocycles. The van der Waals surface area contributed by atoms with Crippen molar-refractivity contribution in [2.24, 2.45) is 5.92 Å². The van der Waals surface area contributed by atoms with Gasteiger partial charge in [-0.25, -0.2) is 0 Å². The molecule has 1 aromatic carbocycles. The Hall–Kier alpha value is -1.02. The van der Waals surface area contributed by atoms with Crippen molar-refractivity contribution in [1.82, 2.24) is 0 Å². The molecule has 2 heteroatoms. The van der Waals surface area contributed by atoms with Gasteiger partial charge >= 0.3 is 0 Å². The Labute approximate surface area is 97.7 Å². The van der Waals surface area contributed by atoms with Crippen LogP contribution in [-0.4, -0.2) is 17.3 Å². The van der Waals surface area contributed by atoms with Gasteiger partial charge in [0.25, 0.3) is 0 Å². The van der Waals surface area contributed by atoms with Crippen molar-refractivity contribution in [2.45, 2.75) is 45.3 Å². The number of benzene rings is 1. The number of fused-ring (bicyclic) bond motifs is 1. The van der Waals surface area contributed by atoms with Crippen LogP contribution in [0.25, 0.3) is 0 Å². The average Bonchev–Trinajstić information content (AvgIpc) is 2.71. The number of rotatable bonds is 4. The van der Waals surface area contributed by atoms with E-state index in [-0.39, 0.29) is 12.1 Å². The highest BCUT2D eigenvalue weighted by Crippen LogP contribution is 2.29. The number of hydrogen-bond donors (Lipinski definition) is 2. The molecule has 3 unspecified atom stereocenters. The predicted octanol–water partition coefficient (Wildman–Crippen LogP) is 2.82. The molecule has 0 saturated carbocycles. The van der Waals surface area contributed by atoms with Gasteiger partial charge in [0.1, 0.15) is 0 Å². The maximum absolute atomic E-state index is 10.3. The zero-order valence-corrected chi connectivity index (χ0v) is 10.1. The van der Waals surface area contributed by atoms with E-state index in [4.69, 9.17) is 0 Å². The van der Waals surface area contributed by atoms with Crippen LogP contribution >= 0.6 is 0 Å². The van der Waals surface area contributed by atoms with Crippen molar-refractivity contribution < 1.29 is 5.11 Å². The summed E-state index contributed by atoms with van der Waals surface area (Å²) < 4.78 is 0. The third-order valence-electron chi connectivity index (χ3n) is 3.54. The smallest absolute Gasteiger partial charge is 0.0769 e. The lowest BCUT2D eigenvalue weighted by molar-refractivity contribution is 0.0938. The molecule has 16 heavy (non-hydrogen) atoms. The van der Waals surface area contributed by atoms with Gasteiger partial charge in [0, 0.05) is 5.69 Å². The van der Waals surface area contributed by atoms with Gasteiger partial charge in [0.05, 0.1) is 12.1 Å². The fourth-order valence-electron chi connectivity index (χ4n) is 2.56. The molecule has 1 heterocycles. The van der Waals surface area contributed by atoms with Crippen LogP contribution in [0.3, 0.4) is 0 Å². The van der Waals surface area contributed by atoms with Crippen LogP contribution in [0.2, 0.25) is 0 Å². The first kappa shape index (κ1) is 11.5. The molecule has 0 fully saturated rings. The minimum absolute atomic E-state index is 0.193. The van der Waals surface area contributed by atoms with E-state index in [2.05, 4.69) is 37.4 Å². The van der Waals surface area contributed by atoms with Gasteiger partial charge in [0.2, 0.25) is 0 Å². The molecule has 0 amide bonds. The van der Waals surface area contributed by atoms with E-state index >= 15 is 0 Å². The first-order valence-electron chi connectivity index (χ1n) is 6.25. The molecule has 2 nitrogen and oxygen atoms in total. The van der Waals surface area contributed by atoms with Crippen LogP contribution in [0.1, 0.15) is 32.3 Å². The minimum Gasteiger partial charge on any atom is -0.391 e. The van der Waals surface area contributed by atoms with Crippen LogP contribution in [0.15, 0.2) is 24.3 Å². The Morgan fingerprint density at radius 2 is 2.19 bits per heavy atom. The molecule has 0 radical (unpaired) electrons. The van der Waals surface area contributed by atoms with Crippen LogP contribution in [0.4, 0.5) is 5.69 Å². The highest BCUT2D eigenvalue weighted by molar-refractivity contribution is 5.56. The fourth-order valence-corrected chi connectivity index (χ4v) is 2.56. The molecule has 1 aromatic rings. The zero-order chi connectivity index (χ0) is 11.5. The highest BCUT2D eigenvalue weighted by atomic mass is 16.3. The summed E-state index contributed by atoms with van der Waals surface area (Å²) in [5.41, 5.74) is 2.52. The molecule has 0 aliphatic carbocycles. The van der Waals surface area contributed by atoms with Crippen molar-refractivity contribution in [2.75, 3.05) is 5.32 Å². The topological polar surface area (TPSA) is 32.3 Å². The number of aliphatic hydroxyl groups is 1. The summed E-state index contributed by atoms with van der Waals surface area (Å²) in [4.78, 5) is 0. The fraction of sp³-hybridized carbons (Fsp3) is 0.571. The van der Waals surface area contributed by atoms with Crippen LogP contribution < -0.4 is 5.32 Å². The molecular formula is C14H21NO. The van der Waals surface area contributed by atoms with Gasteiger partial charge < -0.3 is 10.4 Å². The molecule has 3 atom stereocenters. The third kappa shape index (κ3) is 2.22. The summed E-state index contributed by atoms with van der Waals surface area (Å²) in [5.74, 6) is 0.372. The van der Waals surface area contributed by atoms with Crippen molar-refractivity contribution in [1.29, 1.82) is 0 Å². The Bertz CT molecular complexity index is 325. The second-order valence-corrected chi connectivity index (χ2v) is 4.87. The second-order valence-electron chi connectivity index (χ2n) is 4.87. The van der Waals surface area contributed by atoms with Crippen LogP contribution in [0.5, 0.6) is 0 Å². The van der Waals surface area contributed by atoms with Gasteiger partial charge in [0.15, 0.2) is 0 Å². The number of hydrogen-bond acceptors (Lipinski definition) is 2. The molecule has 0 bridgehead atoms. The van der Waals surface area contributed by atoms with E-state index in [1.54, 1.807) is 0 Å². The lowest BCUT2D eigenvalue weighted by Crippen LogP contribution is -2.36. The van der Waals surface area contributed by atoms with E-state index in [1.807, 2.05) is 6.07 Å². The van der Waals surface area contributed by atoms with Crippen LogP contribution in [-0.2, 0) is 6.42 Å². The van der Waals surface area contributed by atoms with Gasteiger partial charge in [-0.05, 0) is 30.4 Å². The Balaban J connectivity index is 2.00. The zero-order valence-electron chi connectivity index (χ0n) is 10.1. The molecule has 0 spiro atoms. The lowest BCUT2D eigenvalue weighted by Gasteiger charge is -2.24. The van der Waals surface area contributed by atoms with E-state index in [0.29, 0.717) is 5.92 Å². The number of para-hydroxylation sites is 1. The summed E-state index contributed by atoms with van der Waals surface area (Å²) in [7, 11) is 0. The summed E-state index contributed by atoms with van der Waals surface area (Å²) in [6.07, 6.45) is 2.94. The van der Waals surface area contributed by atoms with Crippen molar-refractivity contribution in [3.63, 3.8) is 0 Å².